The molecule has 0 spiro atoms. The molecule has 2 aromatic rings. The van der Waals surface area contributed by atoms with Gasteiger partial charge in [-0.1, -0.05) is 23.8 Å². The normalized spacial score (nSPS) is 10.6. The Hall–Kier alpha value is -1.26. The summed E-state index contributed by atoms with van der Waals surface area (Å²) in [4.78, 5) is 0. The molecule has 2 nitrogen and oxygen atoms in total. The van der Waals surface area contributed by atoms with Gasteiger partial charge in [0, 0.05) is 5.56 Å². The van der Waals surface area contributed by atoms with Gasteiger partial charge in [-0.25, -0.2) is 4.39 Å². The van der Waals surface area contributed by atoms with Gasteiger partial charge in [0.1, 0.15) is 10.5 Å². The number of benzene rings is 1. The van der Waals surface area contributed by atoms with E-state index in [9.17, 15) is 4.39 Å². The van der Waals surface area contributed by atoms with E-state index in [0.717, 1.165) is 11.1 Å². The zero-order chi connectivity index (χ0) is 12.6. The van der Waals surface area contributed by atoms with Gasteiger partial charge < -0.3 is 0 Å². The van der Waals surface area contributed by atoms with Crippen molar-refractivity contribution in [3.05, 3.63) is 44.8 Å². The molecule has 1 aromatic carbocycles. The third-order valence-electron chi connectivity index (χ3n) is 2.71. The maximum Gasteiger partial charge on any atom is 0.124 e. The monoisotopic (exact) mass is 268 g/mol. The summed E-state index contributed by atoms with van der Waals surface area (Å²) in [6.45, 7) is 3.83. The van der Waals surface area contributed by atoms with Crippen molar-refractivity contribution in [1.82, 2.24) is 10.2 Å². The van der Waals surface area contributed by atoms with Crippen molar-refractivity contribution in [1.29, 1.82) is 0 Å². The van der Waals surface area contributed by atoms with Crippen molar-refractivity contribution in [2.24, 2.45) is 0 Å². The van der Waals surface area contributed by atoms with Crippen LogP contribution in [0.15, 0.2) is 18.2 Å². The van der Waals surface area contributed by atoms with Crippen molar-refractivity contribution in [2.75, 3.05) is 0 Å². The van der Waals surface area contributed by atoms with Crippen molar-refractivity contribution in [3.8, 4) is 11.3 Å². The van der Waals surface area contributed by atoms with Gasteiger partial charge in [0.25, 0.3) is 0 Å². The zero-order valence-corrected chi connectivity index (χ0v) is 10.9. The minimum absolute atomic E-state index is 0.338. The van der Waals surface area contributed by atoms with Crippen LogP contribution in [-0.2, 0) is 0 Å². The summed E-state index contributed by atoms with van der Waals surface area (Å²) in [5, 5.41) is 7.26. The Morgan fingerprint density at radius 1 is 1.29 bits per heavy atom. The average molecular weight is 269 g/mol. The van der Waals surface area contributed by atoms with E-state index in [1.165, 1.54) is 12.1 Å². The quantitative estimate of drug-likeness (QED) is 0.785. The van der Waals surface area contributed by atoms with Crippen LogP contribution in [0.1, 0.15) is 11.1 Å². The largest absolute Gasteiger partial charge is 0.267 e. The Labute approximate surface area is 108 Å². The van der Waals surface area contributed by atoms with Gasteiger partial charge in [-0.05, 0) is 43.2 Å². The maximum atomic E-state index is 13.0. The van der Waals surface area contributed by atoms with E-state index >= 15 is 0 Å². The van der Waals surface area contributed by atoms with Gasteiger partial charge in [-0.2, -0.15) is 5.10 Å². The summed E-state index contributed by atoms with van der Waals surface area (Å²) < 4.78 is 13.6. The maximum absolute atomic E-state index is 13.0. The highest BCUT2D eigenvalue weighted by molar-refractivity contribution is 7.71. The molecule has 0 aliphatic rings. The van der Waals surface area contributed by atoms with E-state index in [0.29, 0.717) is 20.9 Å². The second-order valence-electron chi connectivity index (χ2n) is 3.78. The molecule has 0 amide bonds. The second-order valence-corrected chi connectivity index (χ2v) is 4.59. The van der Waals surface area contributed by atoms with Crippen LogP contribution < -0.4 is 0 Å². The molecule has 0 saturated carbocycles. The van der Waals surface area contributed by atoms with Crippen LogP contribution in [0.3, 0.4) is 0 Å². The van der Waals surface area contributed by atoms with Crippen LogP contribution in [0.2, 0.25) is 5.02 Å². The van der Waals surface area contributed by atoms with Crippen molar-refractivity contribution in [3.63, 3.8) is 0 Å². The summed E-state index contributed by atoms with van der Waals surface area (Å²) in [5.41, 5.74) is 3.29. The third-order valence-corrected chi connectivity index (χ3v) is 3.42. The molecule has 88 valence electrons. The molecule has 0 atom stereocenters. The molecule has 5 heteroatoms. The molecule has 1 heterocycles. The van der Waals surface area contributed by atoms with Crippen LogP contribution in [0, 0.1) is 24.3 Å². The van der Waals surface area contributed by atoms with Gasteiger partial charge in [0.15, 0.2) is 0 Å². The first-order chi connectivity index (χ1) is 8.00. The fourth-order valence-corrected chi connectivity index (χ4v) is 2.02. The number of nitrogens with zero attached hydrogens (tertiary/aromatic N) is 1. The average Bonchev–Trinajstić information content (AvgIpc) is 2.28. The highest BCUT2D eigenvalue weighted by Gasteiger charge is 2.11. The van der Waals surface area contributed by atoms with Crippen LogP contribution in [-0.4, -0.2) is 10.2 Å². The summed E-state index contributed by atoms with van der Waals surface area (Å²) in [5.74, 6) is -0.364. The van der Waals surface area contributed by atoms with Gasteiger partial charge in [-0.3, -0.25) is 5.10 Å². The minimum Gasteiger partial charge on any atom is -0.267 e. The van der Waals surface area contributed by atoms with E-state index in [2.05, 4.69) is 10.2 Å². The second kappa shape index (κ2) is 4.55. The zero-order valence-electron chi connectivity index (χ0n) is 9.34. The Morgan fingerprint density at radius 2 is 2.00 bits per heavy atom. The van der Waals surface area contributed by atoms with E-state index in [1.807, 2.05) is 13.8 Å². The van der Waals surface area contributed by atoms with Gasteiger partial charge in [0.2, 0.25) is 0 Å². The fraction of sp³-hybridized carbons (Fsp3) is 0.167. The molecule has 0 bridgehead atoms. The molecule has 0 saturated heterocycles. The number of nitrogens with one attached hydrogen (secondary N) is 1. The molecule has 17 heavy (non-hydrogen) atoms. The Kier molecular flexibility index (Phi) is 3.26. The highest BCUT2D eigenvalue weighted by Crippen LogP contribution is 2.29. The van der Waals surface area contributed by atoms with E-state index in [4.69, 9.17) is 23.8 Å². The lowest BCUT2D eigenvalue weighted by Gasteiger charge is -2.09. The van der Waals surface area contributed by atoms with Crippen LogP contribution in [0.4, 0.5) is 4.39 Å². The lowest BCUT2D eigenvalue weighted by molar-refractivity contribution is 0.628. The summed E-state index contributed by atoms with van der Waals surface area (Å²) in [6, 6.07) is 4.25. The molecule has 0 unspecified atom stereocenters. The molecule has 1 aromatic heterocycles. The van der Waals surface area contributed by atoms with Crippen LogP contribution in [0.25, 0.3) is 11.3 Å². The molecule has 0 radical (unpaired) electrons. The predicted molar refractivity (Wildman–Crippen MR) is 69.3 cm³/mol. The number of halogens is 2. The summed E-state index contributed by atoms with van der Waals surface area (Å²) in [7, 11) is 0. The molecule has 0 aliphatic heterocycles. The SMILES string of the molecule is Cc1c(-c2ccc(F)cc2Cl)n[nH]c(=S)c1C. The van der Waals surface area contributed by atoms with Crippen molar-refractivity contribution in [2.45, 2.75) is 13.8 Å². The minimum atomic E-state index is -0.364. The fourth-order valence-electron chi connectivity index (χ4n) is 1.57. The number of aromatic nitrogens is 2. The molecule has 2 rings (SSSR count). The van der Waals surface area contributed by atoms with Crippen LogP contribution >= 0.6 is 23.8 Å². The Balaban J connectivity index is 2.69. The number of H-pyrrole nitrogens is 1. The number of hydrogen-bond acceptors (Lipinski definition) is 2. The molecule has 1 N–H and O–H groups in total. The van der Waals surface area contributed by atoms with Crippen molar-refractivity contribution >= 4 is 23.8 Å². The highest BCUT2D eigenvalue weighted by atomic mass is 35.5. The van der Waals surface area contributed by atoms with Gasteiger partial charge in [-0.15, -0.1) is 0 Å². The smallest absolute Gasteiger partial charge is 0.124 e. The first-order valence-corrected chi connectivity index (χ1v) is 5.80. The Morgan fingerprint density at radius 3 is 2.65 bits per heavy atom. The summed E-state index contributed by atoms with van der Waals surface area (Å²) in [6.07, 6.45) is 0. The predicted octanol–water partition coefficient (Wildman–Crippen LogP) is 4.22. The summed E-state index contributed by atoms with van der Waals surface area (Å²) >= 11 is 11.1. The molecule has 0 fully saturated rings. The van der Waals surface area contributed by atoms with Gasteiger partial charge in [0.05, 0.1) is 10.7 Å². The molecular formula is C12H10ClFN2S. The standard InChI is InChI=1S/C12H10ClFN2S/c1-6-7(2)12(17)16-15-11(6)9-4-3-8(14)5-10(9)13/h3-5H,1-2H3,(H,16,17). The van der Waals surface area contributed by atoms with E-state index in [1.54, 1.807) is 6.07 Å². The lowest BCUT2D eigenvalue weighted by Crippen LogP contribution is -1.97. The van der Waals surface area contributed by atoms with E-state index < -0.39 is 0 Å². The first kappa shape index (κ1) is 12.2. The molecular weight excluding hydrogens is 259 g/mol. The Bertz CT molecular complexity index is 637. The third kappa shape index (κ3) is 2.23. The number of aromatic amines is 1. The topological polar surface area (TPSA) is 28.7 Å². The lowest BCUT2D eigenvalue weighted by atomic mass is 10.0. The van der Waals surface area contributed by atoms with Gasteiger partial charge >= 0.3 is 0 Å². The van der Waals surface area contributed by atoms with Crippen molar-refractivity contribution < 1.29 is 4.39 Å². The number of rotatable bonds is 1. The van der Waals surface area contributed by atoms with E-state index in [-0.39, 0.29) is 5.82 Å². The number of hydrogen-bond donors (Lipinski definition) is 1. The van der Waals surface area contributed by atoms with Crippen LogP contribution in [0.5, 0.6) is 0 Å². The first-order valence-electron chi connectivity index (χ1n) is 5.02. The molecule has 0 aliphatic carbocycles.